The Kier molecular flexibility index (Phi) is 3.22. The van der Waals surface area contributed by atoms with E-state index in [1.807, 2.05) is 37.7 Å². The monoisotopic (exact) mass is 197 g/mol. The summed E-state index contributed by atoms with van der Waals surface area (Å²) in [6, 6.07) is 1.87. The summed E-state index contributed by atoms with van der Waals surface area (Å²) < 4.78 is 0. The van der Waals surface area contributed by atoms with Crippen LogP contribution in [0.1, 0.15) is 30.6 Å². The molecule has 2 nitrogen and oxygen atoms in total. The smallest absolute Gasteiger partial charge is 0.165 e. The lowest BCUT2D eigenvalue weighted by atomic mass is 9.96. The molecule has 13 heavy (non-hydrogen) atoms. The minimum absolute atomic E-state index is 0.112. The normalized spacial score (nSPS) is 11.6. The van der Waals surface area contributed by atoms with Crippen LogP contribution in [-0.4, -0.2) is 18.4 Å². The first-order valence-corrected chi connectivity index (χ1v) is 5.24. The largest absolute Gasteiger partial charge is 0.314 e. The highest BCUT2D eigenvalue weighted by atomic mass is 32.1. The molecule has 0 radical (unpaired) electrons. The predicted molar refractivity (Wildman–Crippen MR) is 56.4 cm³/mol. The summed E-state index contributed by atoms with van der Waals surface area (Å²) in [5, 5.41) is 6.94. The molecule has 0 saturated carbocycles. The van der Waals surface area contributed by atoms with E-state index in [0.29, 0.717) is 6.42 Å². The fourth-order valence-corrected chi connectivity index (χ4v) is 1.68. The van der Waals surface area contributed by atoms with Gasteiger partial charge in [-0.2, -0.15) is 11.3 Å². The van der Waals surface area contributed by atoms with Crippen LogP contribution in [0.15, 0.2) is 16.8 Å². The van der Waals surface area contributed by atoms with E-state index in [4.69, 9.17) is 0 Å². The molecule has 1 N–H and O–H groups in total. The summed E-state index contributed by atoms with van der Waals surface area (Å²) >= 11 is 1.56. The number of ketones is 1. The van der Waals surface area contributed by atoms with Crippen molar-refractivity contribution in [1.29, 1.82) is 0 Å². The highest BCUT2D eigenvalue weighted by molar-refractivity contribution is 7.08. The average molecular weight is 197 g/mol. The van der Waals surface area contributed by atoms with Gasteiger partial charge >= 0.3 is 0 Å². The average Bonchev–Trinajstić information content (AvgIpc) is 2.55. The Morgan fingerprint density at radius 2 is 2.31 bits per heavy atom. The number of thiophene rings is 1. The minimum Gasteiger partial charge on any atom is -0.314 e. The number of hydrogen-bond acceptors (Lipinski definition) is 3. The van der Waals surface area contributed by atoms with Crippen LogP contribution in [-0.2, 0) is 0 Å². The Labute approximate surface area is 83.0 Å². The zero-order chi connectivity index (χ0) is 9.90. The van der Waals surface area contributed by atoms with E-state index in [9.17, 15) is 4.79 Å². The van der Waals surface area contributed by atoms with Gasteiger partial charge < -0.3 is 5.32 Å². The molecular weight excluding hydrogens is 182 g/mol. The topological polar surface area (TPSA) is 29.1 Å². The third kappa shape index (κ3) is 2.94. The maximum absolute atomic E-state index is 11.6. The third-order valence-corrected chi connectivity index (χ3v) is 2.81. The van der Waals surface area contributed by atoms with Crippen LogP contribution in [0.2, 0.25) is 0 Å². The lowest BCUT2D eigenvalue weighted by Gasteiger charge is -2.22. The van der Waals surface area contributed by atoms with Crippen molar-refractivity contribution in [3.63, 3.8) is 0 Å². The molecular formula is C10H15NOS. The molecule has 0 bridgehead atoms. The molecule has 0 atom stereocenters. The minimum atomic E-state index is -0.112. The molecule has 0 fully saturated rings. The van der Waals surface area contributed by atoms with Gasteiger partial charge in [-0.05, 0) is 32.3 Å². The molecule has 1 aromatic heterocycles. The lowest BCUT2D eigenvalue weighted by Crippen LogP contribution is -2.38. The number of hydrogen-bond donors (Lipinski definition) is 1. The number of nitrogens with one attached hydrogen (secondary N) is 1. The van der Waals surface area contributed by atoms with Gasteiger partial charge in [0.15, 0.2) is 5.78 Å². The van der Waals surface area contributed by atoms with Crippen molar-refractivity contribution in [1.82, 2.24) is 5.32 Å². The molecule has 1 heterocycles. The number of Topliss-reactive ketones (excluding diaryl/α,β-unsaturated/α-hetero) is 1. The van der Waals surface area contributed by atoms with Crippen molar-refractivity contribution >= 4 is 17.1 Å². The van der Waals surface area contributed by atoms with E-state index < -0.39 is 0 Å². The summed E-state index contributed by atoms with van der Waals surface area (Å²) in [4.78, 5) is 11.6. The first-order valence-electron chi connectivity index (χ1n) is 4.29. The van der Waals surface area contributed by atoms with Gasteiger partial charge in [0.2, 0.25) is 0 Å². The Bertz CT molecular complexity index is 277. The molecule has 3 heteroatoms. The fraction of sp³-hybridized carbons (Fsp3) is 0.500. The molecule has 0 aliphatic heterocycles. The Balaban J connectivity index is 2.61. The highest BCUT2D eigenvalue weighted by Crippen LogP contribution is 2.15. The summed E-state index contributed by atoms with van der Waals surface area (Å²) in [6.45, 7) is 4.05. The second-order valence-electron chi connectivity index (χ2n) is 3.75. The highest BCUT2D eigenvalue weighted by Gasteiger charge is 2.20. The first kappa shape index (κ1) is 10.4. The van der Waals surface area contributed by atoms with Crippen molar-refractivity contribution in [3.05, 3.63) is 22.4 Å². The van der Waals surface area contributed by atoms with Gasteiger partial charge in [-0.3, -0.25) is 4.79 Å². The van der Waals surface area contributed by atoms with Crippen LogP contribution in [0.5, 0.6) is 0 Å². The van der Waals surface area contributed by atoms with E-state index in [1.165, 1.54) is 0 Å². The molecule has 1 rings (SSSR count). The molecule has 1 aromatic rings. The number of rotatable bonds is 4. The molecule has 0 aliphatic carbocycles. The fourth-order valence-electron chi connectivity index (χ4n) is 1.01. The van der Waals surface area contributed by atoms with Gasteiger partial charge in [0, 0.05) is 22.9 Å². The van der Waals surface area contributed by atoms with Gasteiger partial charge in [-0.1, -0.05) is 0 Å². The predicted octanol–water partition coefficient (Wildman–Crippen LogP) is 2.32. The summed E-state index contributed by atoms with van der Waals surface area (Å²) in [7, 11) is 1.88. The van der Waals surface area contributed by atoms with Crippen molar-refractivity contribution in [2.45, 2.75) is 25.8 Å². The Hall–Kier alpha value is -0.670. The summed E-state index contributed by atoms with van der Waals surface area (Å²) in [6.07, 6.45) is 0.542. The summed E-state index contributed by atoms with van der Waals surface area (Å²) in [5.74, 6) is 0.209. The quantitative estimate of drug-likeness (QED) is 0.750. The van der Waals surface area contributed by atoms with E-state index in [1.54, 1.807) is 11.3 Å². The standard InChI is InChI=1S/C10H15NOS/c1-10(2,11-3)6-9(12)8-4-5-13-7-8/h4-5,7,11H,6H2,1-3H3. The van der Waals surface area contributed by atoms with E-state index in [-0.39, 0.29) is 11.3 Å². The SMILES string of the molecule is CNC(C)(C)CC(=O)c1ccsc1. The number of carbonyl (C=O) groups is 1. The molecule has 0 unspecified atom stereocenters. The lowest BCUT2D eigenvalue weighted by molar-refractivity contribution is 0.0952. The maximum atomic E-state index is 11.6. The van der Waals surface area contributed by atoms with Gasteiger partial charge in [-0.25, -0.2) is 0 Å². The third-order valence-electron chi connectivity index (χ3n) is 2.12. The second-order valence-corrected chi connectivity index (χ2v) is 4.53. The van der Waals surface area contributed by atoms with Crippen LogP contribution in [0.4, 0.5) is 0 Å². The van der Waals surface area contributed by atoms with Crippen molar-refractivity contribution < 1.29 is 4.79 Å². The molecule has 0 amide bonds. The molecule has 0 spiro atoms. The van der Waals surface area contributed by atoms with Gasteiger partial charge in [0.25, 0.3) is 0 Å². The Morgan fingerprint density at radius 1 is 1.62 bits per heavy atom. The van der Waals surface area contributed by atoms with Crippen LogP contribution < -0.4 is 5.32 Å². The van der Waals surface area contributed by atoms with E-state index in [2.05, 4.69) is 5.32 Å². The van der Waals surface area contributed by atoms with Crippen LogP contribution in [0.25, 0.3) is 0 Å². The second kappa shape index (κ2) is 4.03. The van der Waals surface area contributed by atoms with E-state index in [0.717, 1.165) is 5.56 Å². The molecule has 72 valence electrons. The summed E-state index contributed by atoms with van der Waals surface area (Å²) in [5.41, 5.74) is 0.715. The zero-order valence-electron chi connectivity index (χ0n) is 8.26. The first-order chi connectivity index (χ1) is 6.05. The number of carbonyl (C=O) groups excluding carboxylic acids is 1. The maximum Gasteiger partial charge on any atom is 0.165 e. The van der Waals surface area contributed by atoms with Gasteiger partial charge in [0.1, 0.15) is 0 Å². The van der Waals surface area contributed by atoms with E-state index >= 15 is 0 Å². The van der Waals surface area contributed by atoms with Gasteiger partial charge in [0.05, 0.1) is 0 Å². The van der Waals surface area contributed by atoms with Crippen molar-refractivity contribution in [2.75, 3.05) is 7.05 Å². The molecule has 0 aromatic carbocycles. The molecule has 0 saturated heterocycles. The zero-order valence-corrected chi connectivity index (χ0v) is 9.07. The van der Waals surface area contributed by atoms with Gasteiger partial charge in [-0.15, -0.1) is 0 Å². The van der Waals surface area contributed by atoms with Crippen molar-refractivity contribution in [3.8, 4) is 0 Å². The van der Waals surface area contributed by atoms with Crippen molar-refractivity contribution in [2.24, 2.45) is 0 Å². The van der Waals surface area contributed by atoms with Crippen LogP contribution in [0.3, 0.4) is 0 Å². The molecule has 0 aliphatic rings. The van der Waals surface area contributed by atoms with Crippen LogP contribution >= 0.6 is 11.3 Å². The van der Waals surface area contributed by atoms with Crippen LogP contribution in [0, 0.1) is 0 Å². The Morgan fingerprint density at radius 3 is 2.77 bits per heavy atom.